The number of rotatable bonds is 9. The van der Waals surface area contributed by atoms with Crippen LogP contribution >= 0.6 is 0 Å². The number of nitrogens with one attached hydrogen (secondary N) is 2. The fourth-order valence-corrected chi connectivity index (χ4v) is 4.16. The lowest BCUT2D eigenvalue weighted by Crippen LogP contribution is -2.31. The maximum atomic E-state index is 13.1. The van der Waals surface area contributed by atoms with Crippen molar-refractivity contribution in [2.45, 2.75) is 10.9 Å². The summed E-state index contributed by atoms with van der Waals surface area (Å²) in [7, 11) is -0.372. The van der Waals surface area contributed by atoms with Crippen LogP contribution in [0.5, 0.6) is 5.75 Å². The van der Waals surface area contributed by atoms with Crippen molar-refractivity contribution in [1.82, 2.24) is 19.6 Å². The molecule has 0 unspecified atom stereocenters. The van der Waals surface area contributed by atoms with E-state index in [1.165, 1.54) is 24.3 Å². The molecule has 1 atom stereocenters. The zero-order valence-corrected chi connectivity index (χ0v) is 18.1. The predicted molar refractivity (Wildman–Crippen MR) is 117 cm³/mol. The third-order valence-corrected chi connectivity index (χ3v) is 6.09. The lowest BCUT2D eigenvalue weighted by molar-refractivity contribution is 0.0940. The molecule has 0 aliphatic heterocycles. The van der Waals surface area contributed by atoms with Gasteiger partial charge in [-0.2, -0.15) is 0 Å². The number of carbonyl (C=O) groups excluding carboxylic acids is 1. The number of sulfonamides is 1. The summed E-state index contributed by atoms with van der Waals surface area (Å²) < 4.78 is 34.5. The molecule has 8 nitrogen and oxygen atoms in total. The number of hydrogen-bond acceptors (Lipinski definition) is 5. The van der Waals surface area contributed by atoms with Crippen LogP contribution in [0.1, 0.15) is 27.8 Å². The first-order valence-corrected chi connectivity index (χ1v) is 11.0. The topological polar surface area (TPSA) is 102 Å². The van der Waals surface area contributed by atoms with Crippen LogP contribution in [0.2, 0.25) is 0 Å². The molecular formula is C22H24N4O4S. The van der Waals surface area contributed by atoms with Gasteiger partial charge in [0.05, 0.1) is 12.0 Å². The Kier molecular flexibility index (Phi) is 6.88. The highest BCUT2D eigenvalue weighted by molar-refractivity contribution is 7.89. The number of benzene rings is 2. The Bertz CT molecular complexity index is 1190. The highest BCUT2D eigenvalue weighted by Gasteiger charge is 2.25. The van der Waals surface area contributed by atoms with Crippen molar-refractivity contribution < 1.29 is 17.9 Å². The van der Waals surface area contributed by atoms with Gasteiger partial charge in [-0.3, -0.25) is 4.79 Å². The normalized spacial score (nSPS) is 12.2. The first kappa shape index (κ1) is 22.3. The van der Waals surface area contributed by atoms with Gasteiger partial charge in [0.15, 0.2) is 0 Å². The summed E-state index contributed by atoms with van der Waals surface area (Å²) in [5.74, 6) is 0.759. The Hall–Kier alpha value is -3.43. The monoisotopic (exact) mass is 440 g/mol. The molecule has 31 heavy (non-hydrogen) atoms. The molecule has 162 valence electrons. The van der Waals surface area contributed by atoms with Gasteiger partial charge in [0, 0.05) is 37.1 Å². The second-order valence-electron chi connectivity index (χ2n) is 6.71. The molecule has 2 N–H and O–H groups in total. The van der Waals surface area contributed by atoms with E-state index in [9.17, 15) is 13.2 Å². The van der Waals surface area contributed by atoms with Crippen LogP contribution in [0.15, 0.2) is 78.5 Å². The van der Waals surface area contributed by atoms with Crippen LogP contribution in [-0.4, -0.2) is 37.5 Å². The second kappa shape index (κ2) is 9.59. The van der Waals surface area contributed by atoms with E-state index < -0.39 is 22.0 Å². The number of aryl methyl sites for hydroxylation is 1. The lowest BCUT2D eigenvalue weighted by Gasteiger charge is -2.21. The Morgan fingerprint density at radius 3 is 2.71 bits per heavy atom. The van der Waals surface area contributed by atoms with Crippen molar-refractivity contribution in [2.24, 2.45) is 7.05 Å². The van der Waals surface area contributed by atoms with Crippen molar-refractivity contribution in [2.75, 3.05) is 13.7 Å². The van der Waals surface area contributed by atoms with Crippen LogP contribution in [0, 0.1) is 0 Å². The smallest absolute Gasteiger partial charge is 0.252 e. The number of amides is 1. The van der Waals surface area contributed by atoms with E-state index in [0.29, 0.717) is 11.6 Å². The summed E-state index contributed by atoms with van der Waals surface area (Å²) in [6.07, 6.45) is 4.86. The number of carbonyl (C=O) groups is 1. The SMILES string of the molecule is C=CCNS(=O)(=O)c1cccc(C(=O)N[C@H](c2ccccc2OC)c2nccn2C)c1. The van der Waals surface area contributed by atoms with E-state index in [-0.39, 0.29) is 17.0 Å². The average molecular weight is 441 g/mol. The summed E-state index contributed by atoms with van der Waals surface area (Å²) in [5, 5.41) is 2.96. The summed E-state index contributed by atoms with van der Waals surface area (Å²) in [5.41, 5.74) is 0.930. The standard InChI is InChI=1S/C22H24N4O4S/c1-4-12-24-31(28,29)17-9-7-8-16(15-17)22(27)25-20(21-23-13-14-26(21)2)18-10-5-6-11-19(18)30-3/h4-11,13-15,20,24H,1,12H2,2-3H3,(H,25,27)/t20-/m1/s1. The van der Waals surface area contributed by atoms with Gasteiger partial charge in [-0.25, -0.2) is 18.1 Å². The van der Waals surface area contributed by atoms with Crippen LogP contribution in [0.3, 0.4) is 0 Å². The maximum absolute atomic E-state index is 13.1. The Morgan fingerprint density at radius 2 is 2.03 bits per heavy atom. The van der Waals surface area contributed by atoms with Gasteiger partial charge in [-0.15, -0.1) is 6.58 Å². The molecule has 0 aliphatic rings. The molecule has 9 heteroatoms. The van der Waals surface area contributed by atoms with Crippen LogP contribution in [-0.2, 0) is 17.1 Å². The average Bonchev–Trinajstić information content (AvgIpc) is 3.21. The molecule has 1 amide bonds. The third-order valence-electron chi connectivity index (χ3n) is 4.67. The first-order valence-electron chi connectivity index (χ1n) is 9.49. The van der Waals surface area contributed by atoms with Crippen molar-refractivity contribution in [3.8, 4) is 5.75 Å². The summed E-state index contributed by atoms with van der Waals surface area (Å²) in [6.45, 7) is 3.59. The lowest BCUT2D eigenvalue weighted by atomic mass is 10.0. The number of aromatic nitrogens is 2. The molecule has 3 aromatic rings. The van der Waals surface area contributed by atoms with Crippen LogP contribution in [0.4, 0.5) is 0 Å². The molecule has 2 aromatic carbocycles. The number of imidazole rings is 1. The van der Waals surface area contributed by atoms with Crippen LogP contribution in [0.25, 0.3) is 0 Å². The minimum Gasteiger partial charge on any atom is -0.496 e. The van der Waals surface area contributed by atoms with E-state index in [0.717, 1.165) is 5.56 Å². The van der Waals surface area contributed by atoms with Gasteiger partial charge in [0.1, 0.15) is 17.6 Å². The highest BCUT2D eigenvalue weighted by Crippen LogP contribution is 2.29. The van der Waals surface area contributed by atoms with E-state index in [2.05, 4.69) is 21.6 Å². The molecule has 1 heterocycles. The second-order valence-corrected chi connectivity index (χ2v) is 8.48. The van der Waals surface area contributed by atoms with E-state index in [1.807, 2.05) is 25.2 Å². The molecule has 1 aromatic heterocycles. The number of nitrogens with zero attached hydrogens (tertiary/aromatic N) is 2. The Morgan fingerprint density at radius 1 is 1.26 bits per heavy atom. The molecule has 3 rings (SSSR count). The zero-order valence-electron chi connectivity index (χ0n) is 17.3. The largest absolute Gasteiger partial charge is 0.496 e. The van der Waals surface area contributed by atoms with Crippen LogP contribution < -0.4 is 14.8 Å². The highest BCUT2D eigenvalue weighted by atomic mass is 32.2. The maximum Gasteiger partial charge on any atom is 0.252 e. The zero-order chi connectivity index (χ0) is 22.4. The number of hydrogen-bond donors (Lipinski definition) is 2. The van der Waals surface area contributed by atoms with Crippen molar-refractivity contribution >= 4 is 15.9 Å². The molecular weight excluding hydrogens is 416 g/mol. The Labute approximate surface area is 181 Å². The summed E-state index contributed by atoms with van der Waals surface area (Å²) in [6, 6.07) is 12.6. The molecule has 0 radical (unpaired) electrons. The minimum atomic E-state index is -3.76. The molecule has 0 saturated carbocycles. The van der Waals surface area contributed by atoms with E-state index >= 15 is 0 Å². The van der Waals surface area contributed by atoms with E-state index in [4.69, 9.17) is 4.74 Å². The Balaban J connectivity index is 1.96. The number of ether oxygens (including phenoxy) is 1. The molecule has 0 fully saturated rings. The quantitative estimate of drug-likeness (QED) is 0.498. The predicted octanol–water partition coefficient (Wildman–Crippen LogP) is 2.41. The number of para-hydroxylation sites is 1. The number of methoxy groups -OCH3 is 1. The van der Waals surface area contributed by atoms with Crippen molar-refractivity contribution in [3.05, 3.63) is 90.5 Å². The molecule has 0 saturated heterocycles. The molecule has 0 spiro atoms. The van der Waals surface area contributed by atoms with Gasteiger partial charge >= 0.3 is 0 Å². The minimum absolute atomic E-state index is 0.00664. The van der Waals surface area contributed by atoms with Gasteiger partial charge in [0.2, 0.25) is 10.0 Å². The summed E-state index contributed by atoms with van der Waals surface area (Å²) >= 11 is 0. The molecule has 0 aliphatic carbocycles. The fraction of sp³-hybridized carbons (Fsp3) is 0.182. The first-order chi connectivity index (χ1) is 14.9. The fourth-order valence-electron chi connectivity index (χ4n) is 3.11. The van der Waals surface area contributed by atoms with Crippen molar-refractivity contribution in [1.29, 1.82) is 0 Å². The van der Waals surface area contributed by atoms with E-state index in [1.54, 1.807) is 36.2 Å². The summed E-state index contributed by atoms with van der Waals surface area (Å²) in [4.78, 5) is 17.5. The van der Waals surface area contributed by atoms with Crippen molar-refractivity contribution in [3.63, 3.8) is 0 Å². The molecule has 0 bridgehead atoms. The van der Waals surface area contributed by atoms with Gasteiger partial charge in [-0.05, 0) is 24.3 Å². The van der Waals surface area contributed by atoms with Gasteiger partial charge in [-0.1, -0.05) is 30.3 Å². The van der Waals surface area contributed by atoms with Gasteiger partial charge < -0.3 is 14.6 Å². The van der Waals surface area contributed by atoms with Gasteiger partial charge in [0.25, 0.3) is 5.91 Å². The third kappa shape index (κ3) is 5.01.